The summed E-state index contributed by atoms with van der Waals surface area (Å²) in [5, 5.41) is 0. The topological polar surface area (TPSA) is 22.2 Å². The number of fused-ring (bicyclic) bond motifs is 14. The van der Waals surface area contributed by atoms with Gasteiger partial charge in [-0.25, -0.2) is 0 Å². The molecule has 5 nitrogen and oxygen atoms in total. The quantitative estimate of drug-likeness (QED) is 0.160. The summed E-state index contributed by atoms with van der Waals surface area (Å²) >= 11 is -1.37. The molecule has 0 spiro atoms. The molecule has 9 aliphatic heterocycles. The van der Waals surface area contributed by atoms with E-state index in [1.165, 1.54) is 77.9 Å². The fraction of sp³-hybridized carbons (Fsp3) is 0.0750. The van der Waals surface area contributed by atoms with Crippen molar-refractivity contribution >= 4 is 53.8 Å². The number of nitrogens with zero attached hydrogens (tertiary/aromatic N) is 4. The zero-order valence-corrected chi connectivity index (χ0v) is 49.9. The Bertz CT molecular complexity index is 4340. The summed E-state index contributed by atoms with van der Waals surface area (Å²) in [6.07, 6.45) is 3.69. The average Bonchev–Trinajstić information content (AvgIpc) is 1.80. The van der Waals surface area contributed by atoms with Gasteiger partial charge in [-0.15, -0.1) is 0 Å². The van der Waals surface area contributed by atoms with Gasteiger partial charge in [0.1, 0.15) is 0 Å². The van der Waals surface area contributed by atoms with Gasteiger partial charge in [-0.3, -0.25) is 0 Å². The van der Waals surface area contributed by atoms with Gasteiger partial charge in [0.2, 0.25) is 0 Å². The third kappa shape index (κ3) is 8.63. The van der Waals surface area contributed by atoms with E-state index in [2.05, 4.69) is 288 Å². The molecule has 0 amide bonds. The Labute approximate surface area is 510 Å². The fourth-order valence-electron chi connectivity index (χ4n) is 13.3. The number of hydrogen-bond acceptors (Lipinski definition) is 5. The molecule has 0 radical (unpaired) electrons. The molecule has 21 rings (SSSR count). The first-order chi connectivity index (χ1) is 42.4. The minimum atomic E-state index is -1.37. The first kappa shape index (κ1) is 50.6. The summed E-state index contributed by atoms with van der Waals surface area (Å²) < 4.78 is 9.26. The van der Waals surface area contributed by atoms with Gasteiger partial charge in [0.25, 0.3) is 0 Å². The molecule has 9 heterocycles. The van der Waals surface area contributed by atoms with Crippen molar-refractivity contribution in [3.8, 4) is 78.3 Å². The number of anilines is 8. The zero-order valence-electron chi connectivity index (χ0n) is 47.6. The summed E-state index contributed by atoms with van der Waals surface area (Å²) in [5.74, 6) is 1.24. The second-order valence-electron chi connectivity index (χ2n) is 23.2. The molecule has 0 aromatic heterocycles. The van der Waals surface area contributed by atoms with Crippen LogP contribution < -0.4 is 24.3 Å². The van der Waals surface area contributed by atoms with Crippen molar-refractivity contribution in [1.82, 2.24) is 0 Å². The third-order valence-electron chi connectivity index (χ3n) is 17.6. The van der Waals surface area contributed by atoms with E-state index in [0.29, 0.717) is 11.5 Å². The Kier molecular flexibility index (Phi) is 12.0. The van der Waals surface area contributed by atoms with Crippen molar-refractivity contribution < 1.29 is 22.4 Å². The average molecular weight is 1280 g/mol. The van der Waals surface area contributed by atoms with Gasteiger partial charge >= 0.3 is 514 Å². The van der Waals surface area contributed by atoms with Crippen LogP contribution in [0.5, 0.6) is 11.5 Å². The van der Waals surface area contributed by atoms with E-state index in [9.17, 15) is 0 Å². The van der Waals surface area contributed by atoms with Crippen LogP contribution in [0.4, 0.5) is 45.5 Å². The molecule has 0 unspecified atom stereocenters. The Morgan fingerprint density at radius 2 is 0.640 bits per heavy atom. The summed E-state index contributed by atoms with van der Waals surface area (Å²) in [6.45, 7) is 4.53. The maximum absolute atomic E-state index is 6.96. The number of rotatable bonds is 2. The van der Waals surface area contributed by atoms with Gasteiger partial charge in [-0.2, -0.15) is 0 Å². The predicted molar refractivity (Wildman–Crippen MR) is 352 cm³/mol. The molecule has 0 atom stereocenters. The number of benzene rings is 12. The van der Waals surface area contributed by atoms with Crippen LogP contribution in [0.15, 0.2) is 255 Å². The number of ether oxygens (including phenoxy) is 1. The molecule has 0 N–H and O–H groups in total. The van der Waals surface area contributed by atoms with Crippen molar-refractivity contribution in [3.63, 3.8) is 0 Å². The summed E-state index contributed by atoms with van der Waals surface area (Å²) in [7, 11) is 0. The molecule has 9 aliphatic rings. The van der Waals surface area contributed by atoms with Crippen LogP contribution in [0.1, 0.15) is 33.4 Å². The van der Waals surface area contributed by atoms with Gasteiger partial charge in [-0.1, -0.05) is 0 Å². The second-order valence-corrected chi connectivity index (χ2v) is 25.8. The Morgan fingerprint density at radius 1 is 0.302 bits per heavy atom. The van der Waals surface area contributed by atoms with E-state index in [1.54, 1.807) is 0 Å². The van der Waals surface area contributed by atoms with Crippen LogP contribution in [0.2, 0.25) is 0 Å². The van der Waals surface area contributed by atoms with E-state index in [1.807, 2.05) is 12.1 Å². The van der Waals surface area contributed by atoms with E-state index in [0.717, 1.165) is 102 Å². The standard InChI is InChI=1S/C80H56N4O.Pt/c1-53-43-71-61-31-23-55(24-32-61)19-21-57-27-35-63(36-28-57)73-45-54(2)46-74-64-37-29-58(30-38-64)22-20-56-25-33-62(34-26-56)72(44-53)79(71)83-51-81(75-41-39-65(47-77(75)83)59-11-5-3-6-12-59)67-15-9-17-69(49-67)85-70-18-10-16-68(50-70)82-52-84(80(73)74)78-48-66(40-42-76(78)82)60-13-7-4-8-14-60;/h3-18,23-48H,19-22H2,1-2H3;/q-2;. The SMILES string of the molecule is Cc1cc2c3c(c1)-c1ccc(cc1)CCc1ccc(cc1)-c1cc(C)cc(c1N1[C]4=[Pt]=[C]5N(c6[c-]c(ccc6)Oc6[c-]c(ccc6)N4c4ccc(-c6ccccc6)cc41)c1ccc(-c4ccccc4)cc1N53)-c1ccc(cc1)CCc1ccc-2cc1. The van der Waals surface area contributed by atoms with Crippen LogP contribution in [0.25, 0.3) is 66.8 Å². The number of aryl methyl sites for hydroxylation is 6. The Morgan fingerprint density at radius 3 is 0.988 bits per heavy atom. The normalized spacial score (nSPS) is 14.2. The molecule has 414 valence electrons. The molecule has 6 heteroatoms. The van der Waals surface area contributed by atoms with Crippen LogP contribution >= 0.6 is 0 Å². The van der Waals surface area contributed by atoms with Crippen LogP contribution in [-0.2, 0) is 43.3 Å². The van der Waals surface area contributed by atoms with Gasteiger partial charge in [0.05, 0.1) is 0 Å². The molecule has 0 fully saturated rings. The molecule has 12 aromatic carbocycles. The van der Waals surface area contributed by atoms with Crippen molar-refractivity contribution in [2.75, 3.05) is 19.6 Å². The molecular formula is C80H56N4OPt-2. The fourth-order valence-corrected chi connectivity index (χ4v) is 16.9. The Hall–Kier alpha value is -9.93. The second kappa shape index (κ2) is 20.4. The molecule has 0 aliphatic carbocycles. The zero-order chi connectivity index (χ0) is 57.0. The summed E-state index contributed by atoms with van der Waals surface area (Å²) in [5.41, 5.74) is 30.0. The van der Waals surface area contributed by atoms with Crippen molar-refractivity contribution in [2.24, 2.45) is 0 Å². The van der Waals surface area contributed by atoms with Gasteiger partial charge in [0.15, 0.2) is 0 Å². The first-order valence-corrected chi connectivity index (χ1v) is 32.0. The summed E-state index contributed by atoms with van der Waals surface area (Å²) in [4.78, 5) is 10.4. The molecule has 16 bridgehead atoms. The van der Waals surface area contributed by atoms with Gasteiger partial charge in [0, 0.05) is 0 Å². The predicted octanol–water partition coefficient (Wildman–Crippen LogP) is 19.7. The number of hydrogen-bond donors (Lipinski definition) is 0. The van der Waals surface area contributed by atoms with E-state index >= 15 is 0 Å². The van der Waals surface area contributed by atoms with Crippen molar-refractivity contribution in [2.45, 2.75) is 39.5 Å². The molecule has 0 saturated carbocycles. The minimum absolute atomic E-state index is 0.618. The van der Waals surface area contributed by atoms with Crippen LogP contribution in [0.3, 0.4) is 0 Å². The maximum atomic E-state index is 6.96. The molecular weight excluding hydrogens is 1230 g/mol. The first-order valence-electron chi connectivity index (χ1n) is 29.7. The Balaban J connectivity index is 1.11. The molecule has 86 heavy (non-hydrogen) atoms. The molecule has 12 aromatic rings. The van der Waals surface area contributed by atoms with E-state index < -0.39 is 17.6 Å². The van der Waals surface area contributed by atoms with Gasteiger partial charge < -0.3 is 0 Å². The van der Waals surface area contributed by atoms with E-state index in [4.69, 9.17) is 4.74 Å². The van der Waals surface area contributed by atoms with Crippen molar-refractivity contribution in [3.05, 3.63) is 300 Å². The molecule has 0 saturated heterocycles. The van der Waals surface area contributed by atoms with Crippen LogP contribution in [0, 0.1) is 26.0 Å². The van der Waals surface area contributed by atoms with Gasteiger partial charge in [-0.05, 0) is 0 Å². The van der Waals surface area contributed by atoms with Crippen molar-refractivity contribution in [1.29, 1.82) is 0 Å². The van der Waals surface area contributed by atoms with E-state index in [-0.39, 0.29) is 0 Å². The third-order valence-corrected chi connectivity index (χ3v) is 20.6. The monoisotopic (exact) mass is 1280 g/mol. The van der Waals surface area contributed by atoms with Crippen LogP contribution in [-0.4, -0.2) is 8.29 Å². The summed E-state index contributed by atoms with van der Waals surface area (Å²) in [6, 6.07) is 104.